The van der Waals surface area contributed by atoms with Crippen LogP contribution in [0.25, 0.3) is 0 Å². The molecule has 1 heterocycles. The molecular weight excluding hydrogens is 182 g/mol. The van der Waals surface area contributed by atoms with E-state index in [1.54, 1.807) is 0 Å². The number of aromatic amines is 1. The maximum Gasteiger partial charge on any atom is 0.195 e. The summed E-state index contributed by atoms with van der Waals surface area (Å²) in [5.41, 5.74) is 0. The third-order valence-electron chi connectivity index (χ3n) is 2.28. The van der Waals surface area contributed by atoms with Gasteiger partial charge in [-0.25, -0.2) is 0 Å². The Balaban J connectivity index is 2.28. The summed E-state index contributed by atoms with van der Waals surface area (Å²) in [7, 11) is 0. The smallest absolute Gasteiger partial charge is 0.195 e. The number of rotatable bonds is 3. The van der Waals surface area contributed by atoms with Gasteiger partial charge in [-0.2, -0.15) is 5.10 Å². The Morgan fingerprint density at radius 2 is 2.31 bits per heavy atom. The van der Waals surface area contributed by atoms with E-state index >= 15 is 0 Å². The molecule has 1 aromatic rings. The molecule has 0 radical (unpaired) electrons. The lowest BCUT2D eigenvalue weighted by Crippen LogP contribution is -2.05. The normalized spacial score (nSPS) is 16.8. The van der Waals surface area contributed by atoms with Crippen LogP contribution in [0, 0.1) is 10.7 Å². The van der Waals surface area contributed by atoms with Crippen molar-refractivity contribution in [2.45, 2.75) is 39.2 Å². The minimum atomic E-state index is 0.639. The molecule has 3 nitrogen and oxygen atoms in total. The van der Waals surface area contributed by atoms with E-state index in [9.17, 15) is 0 Å². The minimum Gasteiger partial charge on any atom is -0.301 e. The SMILES string of the molecule is CC(C)Cc1n[nH]c(=S)n1C1CC1. The predicted molar refractivity (Wildman–Crippen MR) is 54.2 cm³/mol. The van der Waals surface area contributed by atoms with Gasteiger partial charge < -0.3 is 4.57 Å². The first-order valence-electron chi connectivity index (χ1n) is 4.84. The maximum absolute atomic E-state index is 5.19. The fourth-order valence-corrected chi connectivity index (χ4v) is 1.86. The lowest BCUT2D eigenvalue weighted by molar-refractivity contribution is 0.576. The van der Waals surface area contributed by atoms with E-state index in [1.165, 1.54) is 12.8 Å². The highest BCUT2D eigenvalue weighted by atomic mass is 32.1. The average molecular weight is 197 g/mol. The van der Waals surface area contributed by atoms with E-state index < -0.39 is 0 Å². The van der Waals surface area contributed by atoms with Gasteiger partial charge in [0.2, 0.25) is 0 Å². The van der Waals surface area contributed by atoms with Gasteiger partial charge in [-0.15, -0.1) is 0 Å². The van der Waals surface area contributed by atoms with Crippen LogP contribution in [0.1, 0.15) is 38.6 Å². The number of aromatic nitrogens is 3. The molecule has 0 atom stereocenters. The van der Waals surface area contributed by atoms with Crippen LogP contribution in [0.4, 0.5) is 0 Å². The standard InChI is InChI=1S/C9H15N3S/c1-6(2)5-8-10-11-9(13)12(8)7-3-4-7/h6-7H,3-5H2,1-2H3,(H,11,13). The van der Waals surface area contributed by atoms with Crippen molar-refractivity contribution in [2.75, 3.05) is 0 Å². The third-order valence-corrected chi connectivity index (χ3v) is 2.57. The Morgan fingerprint density at radius 3 is 2.85 bits per heavy atom. The summed E-state index contributed by atoms with van der Waals surface area (Å²) >= 11 is 5.19. The molecule has 2 rings (SSSR count). The second kappa shape index (κ2) is 3.25. The molecule has 1 saturated carbocycles. The quantitative estimate of drug-likeness (QED) is 0.755. The zero-order valence-electron chi connectivity index (χ0n) is 8.08. The fourth-order valence-electron chi connectivity index (χ4n) is 1.56. The number of hydrogen-bond donors (Lipinski definition) is 1. The highest BCUT2D eigenvalue weighted by molar-refractivity contribution is 7.71. The maximum atomic E-state index is 5.19. The summed E-state index contributed by atoms with van der Waals surface area (Å²) in [5.74, 6) is 1.77. The predicted octanol–water partition coefficient (Wildman–Crippen LogP) is 2.47. The minimum absolute atomic E-state index is 0.639. The first-order chi connectivity index (χ1) is 6.18. The van der Waals surface area contributed by atoms with Gasteiger partial charge in [0.25, 0.3) is 0 Å². The van der Waals surface area contributed by atoms with Crippen LogP contribution in [0.5, 0.6) is 0 Å². The molecule has 72 valence electrons. The average Bonchev–Trinajstić information content (AvgIpc) is 2.79. The van der Waals surface area contributed by atoms with E-state index in [0.717, 1.165) is 17.0 Å². The van der Waals surface area contributed by atoms with Crippen LogP contribution in [-0.4, -0.2) is 14.8 Å². The van der Waals surface area contributed by atoms with Crippen LogP contribution in [0.2, 0.25) is 0 Å². The molecule has 0 saturated heterocycles. The lowest BCUT2D eigenvalue weighted by Gasteiger charge is -2.06. The first-order valence-corrected chi connectivity index (χ1v) is 5.25. The molecule has 0 amide bonds. The summed E-state index contributed by atoms with van der Waals surface area (Å²) < 4.78 is 2.98. The Hall–Kier alpha value is -0.640. The van der Waals surface area contributed by atoms with Crippen molar-refractivity contribution in [3.05, 3.63) is 10.6 Å². The highest BCUT2D eigenvalue weighted by Crippen LogP contribution is 2.36. The number of nitrogens with zero attached hydrogens (tertiary/aromatic N) is 2. The Bertz CT molecular complexity index is 346. The van der Waals surface area contributed by atoms with Crippen molar-refractivity contribution in [1.82, 2.24) is 14.8 Å². The molecular formula is C9H15N3S. The van der Waals surface area contributed by atoms with Gasteiger partial charge in [0, 0.05) is 12.5 Å². The Morgan fingerprint density at radius 1 is 1.62 bits per heavy atom. The van der Waals surface area contributed by atoms with Gasteiger partial charge in [-0.1, -0.05) is 13.8 Å². The summed E-state index contributed by atoms with van der Waals surface area (Å²) in [6, 6.07) is 0.639. The molecule has 1 aromatic heterocycles. The molecule has 1 aliphatic rings. The summed E-state index contributed by atoms with van der Waals surface area (Å²) in [6.07, 6.45) is 3.54. The second-order valence-corrected chi connectivity index (χ2v) is 4.53. The van der Waals surface area contributed by atoms with Gasteiger partial charge in [0.15, 0.2) is 4.77 Å². The number of H-pyrrole nitrogens is 1. The van der Waals surface area contributed by atoms with E-state index in [1.807, 2.05) is 0 Å². The first kappa shape index (κ1) is 8.94. The van der Waals surface area contributed by atoms with Gasteiger partial charge in [-0.05, 0) is 31.0 Å². The molecule has 0 unspecified atom stereocenters. The van der Waals surface area contributed by atoms with Crippen molar-refractivity contribution >= 4 is 12.2 Å². The molecule has 0 aromatic carbocycles. The second-order valence-electron chi connectivity index (χ2n) is 4.14. The summed E-state index contributed by atoms with van der Waals surface area (Å²) in [6.45, 7) is 4.41. The van der Waals surface area contributed by atoms with Crippen molar-refractivity contribution in [1.29, 1.82) is 0 Å². The molecule has 1 fully saturated rings. The molecule has 1 aliphatic carbocycles. The fraction of sp³-hybridized carbons (Fsp3) is 0.778. The van der Waals surface area contributed by atoms with Gasteiger partial charge in [0.05, 0.1) is 0 Å². The zero-order chi connectivity index (χ0) is 9.42. The molecule has 0 bridgehead atoms. The highest BCUT2D eigenvalue weighted by Gasteiger charge is 2.27. The van der Waals surface area contributed by atoms with Gasteiger partial charge >= 0.3 is 0 Å². The third kappa shape index (κ3) is 1.82. The number of hydrogen-bond acceptors (Lipinski definition) is 2. The summed E-state index contributed by atoms with van der Waals surface area (Å²) in [4.78, 5) is 0. The van der Waals surface area contributed by atoms with Gasteiger partial charge in [-0.3, -0.25) is 5.10 Å². The Labute approximate surface area is 83.2 Å². The topological polar surface area (TPSA) is 33.6 Å². The van der Waals surface area contributed by atoms with Crippen LogP contribution in [0.15, 0.2) is 0 Å². The largest absolute Gasteiger partial charge is 0.301 e. The van der Waals surface area contributed by atoms with E-state index in [2.05, 4.69) is 28.6 Å². The van der Waals surface area contributed by atoms with Crippen molar-refractivity contribution < 1.29 is 0 Å². The number of nitrogens with one attached hydrogen (secondary N) is 1. The van der Waals surface area contributed by atoms with Crippen molar-refractivity contribution in [3.63, 3.8) is 0 Å². The van der Waals surface area contributed by atoms with Crippen LogP contribution < -0.4 is 0 Å². The molecule has 13 heavy (non-hydrogen) atoms. The lowest BCUT2D eigenvalue weighted by atomic mass is 10.1. The van der Waals surface area contributed by atoms with Gasteiger partial charge in [0.1, 0.15) is 5.82 Å². The van der Waals surface area contributed by atoms with Crippen LogP contribution in [-0.2, 0) is 6.42 Å². The monoisotopic (exact) mass is 197 g/mol. The van der Waals surface area contributed by atoms with E-state index in [0.29, 0.717) is 12.0 Å². The summed E-state index contributed by atoms with van der Waals surface area (Å²) in [5, 5.41) is 7.14. The van der Waals surface area contributed by atoms with E-state index in [4.69, 9.17) is 12.2 Å². The van der Waals surface area contributed by atoms with Crippen LogP contribution >= 0.6 is 12.2 Å². The van der Waals surface area contributed by atoms with Crippen molar-refractivity contribution in [3.8, 4) is 0 Å². The zero-order valence-corrected chi connectivity index (χ0v) is 8.90. The molecule has 0 spiro atoms. The molecule has 4 heteroatoms. The molecule has 1 N–H and O–H groups in total. The van der Waals surface area contributed by atoms with E-state index in [-0.39, 0.29) is 0 Å². The van der Waals surface area contributed by atoms with Crippen LogP contribution in [0.3, 0.4) is 0 Å². The Kier molecular flexibility index (Phi) is 2.24. The molecule has 0 aliphatic heterocycles. The van der Waals surface area contributed by atoms with Crippen molar-refractivity contribution in [2.24, 2.45) is 5.92 Å².